The second-order valence-electron chi connectivity index (χ2n) is 3.89. The largest absolute Gasteiger partial charge is 0.493 e. The highest BCUT2D eigenvalue weighted by Gasteiger charge is 2.17. The Morgan fingerprint density at radius 2 is 2.24 bits per heavy atom. The summed E-state index contributed by atoms with van der Waals surface area (Å²) in [5, 5.41) is 18.1. The molecule has 1 aromatic carbocycles. The Morgan fingerprint density at radius 1 is 1.43 bits per heavy atom. The SMILES string of the molecule is COc1ccc(NC(=O)c2nonc2N)cc1OCCO. The number of nitrogens with zero attached hydrogens (tertiary/aromatic N) is 2. The fourth-order valence-electron chi connectivity index (χ4n) is 1.57. The van der Waals surface area contributed by atoms with Crippen molar-refractivity contribution >= 4 is 17.4 Å². The average molecular weight is 294 g/mol. The Hall–Kier alpha value is -2.81. The highest BCUT2D eigenvalue weighted by atomic mass is 16.6. The van der Waals surface area contributed by atoms with E-state index in [1.807, 2.05) is 0 Å². The summed E-state index contributed by atoms with van der Waals surface area (Å²) in [7, 11) is 1.49. The van der Waals surface area contributed by atoms with Gasteiger partial charge in [-0.2, -0.15) is 0 Å². The number of ether oxygens (including phenoxy) is 2. The van der Waals surface area contributed by atoms with Gasteiger partial charge in [-0.1, -0.05) is 0 Å². The lowest BCUT2D eigenvalue weighted by Crippen LogP contribution is -2.14. The molecule has 0 radical (unpaired) electrons. The van der Waals surface area contributed by atoms with E-state index in [2.05, 4.69) is 20.3 Å². The molecule has 0 saturated carbocycles. The Morgan fingerprint density at radius 3 is 2.86 bits per heavy atom. The molecule has 4 N–H and O–H groups in total. The number of hydrogen-bond acceptors (Lipinski definition) is 8. The molecule has 0 fully saturated rings. The molecule has 0 atom stereocenters. The first kappa shape index (κ1) is 14.6. The number of nitrogens with two attached hydrogens (primary N) is 1. The number of rotatable bonds is 6. The monoisotopic (exact) mass is 294 g/mol. The van der Waals surface area contributed by atoms with Crippen LogP contribution in [0.1, 0.15) is 10.5 Å². The van der Waals surface area contributed by atoms with E-state index in [1.54, 1.807) is 18.2 Å². The molecule has 9 heteroatoms. The number of aliphatic hydroxyl groups excluding tert-OH is 1. The third kappa shape index (κ3) is 3.39. The quantitative estimate of drug-likeness (QED) is 0.692. The van der Waals surface area contributed by atoms with Crippen molar-refractivity contribution in [3.05, 3.63) is 23.9 Å². The van der Waals surface area contributed by atoms with E-state index >= 15 is 0 Å². The van der Waals surface area contributed by atoms with Gasteiger partial charge >= 0.3 is 0 Å². The molecule has 1 amide bonds. The number of aliphatic hydroxyl groups is 1. The normalized spacial score (nSPS) is 10.2. The van der Waals surface area contributed by atoms with Crippen LogP contribution in [0.4, 0.5) is 11.5 Å². The van der Waals surface area contributed by atoms with Crippen LogP contribution in [0.25, 0.3) is 0 Å². The van der Waals surface area contributed by atoms with Crippen LogP contribution in [0, 0.1) is 0 Å². The minimum Gasteiger partial charge on any atom is -0.493 e. The topological polar surface area (TPSA) is 133 Å². The van der Waals surface area contributed by atoms with Gasteiger partial charge in [-0.15, -0.1) is 0 Å². The standard InChI is InChI=1S/C12H14N4O5/c1-19-8-3-2-7(6-9(8)20-5-4-17)14-12(18)10-11(13)16-21-15-10/h2-3,6,17H,4-5H2,1H3,(H2,13,16)(H,14,18). The molecule has 0 aliphatic heterocycles. The summed E-state index contributed by atoms with van der Waals surface area (Å²) < 4.78 is 14.8. The minimum absolute atomic E-state index is 0.0993. The van der Waals surface area contributed by atoms with Crippen LogP contribution in [0.2, 0.25) is 0 Å². The molecule has 0 aliphatic carbocycles. The molecule has 1 aromatic heterocycles. The third-order valence-electron chi connectivity index (χ3n) is 2.50. The maximum absolute atomic E-state index is 11.9. The maximum atomic E-state index is 11.9. The summed E-state index contributed by atoms with van der Waals surface area (Å²) in [5.74, 6) is 0.199. The molecule has 0 spiro atoms. The zero-order chi connectivity index (χ0) is 15.2. The summed E-state index contributed by atoms with van der Waals surface area (Å²) in [6.45, 7) is -0.0329. The van der Waals surface area contributed by atoms with E-state index in [4.69, 9.17) is 20.3 Å². The van der Waals surface area contributed by atoms with Crippen LogP contribution >= 0.6 is 0 Å². The Kier molecular flexibility index (Phi) is 4.57. The fraction of sp³-hybridized carbons (Fsp3) is 0.250. The molecule has 0 aliphatic rings. The van der Waals surface area contributed by atoms with Crippen LogP contribution in [0.15, 0.2) is 22.8 Å². The number of benzene rings is 1. The van der Waals surface area contributed by atoms with E-state index in [0.717, 1.165) is 0 Å². The van der Waals surface area contributed by atoms with Gasteiger partial charge < -0.3 is 25.6 Å². The Labute approximate surface area is 119 Å². The number of methoxy groups -OCH3 is 1. The average Bonchev–Trinajstić information content (AvgIpc) is 2.91. The molecule has 0 unspecified atom stereocenters. The van der Waals surface area contributed by atoms with Gasteiger partial charge in [-0.25, -0.2) is 4.63 Å². The van der Waals surface area contributed by atoms with Crippen molar-refractivity contribution in [1.29, 1.82) is 0 Å². The zero-order valence-electron chi connectivity index (χ0n) is 11.2. The lowest BCUT2D eigenvalue weighted by molar-refractivity contribution is 0.101. The zero-order valence-corrected chi connectivity index (χ0v) is 11.2. The molecule has 112 valence electrons. The number of amides is 1. The number of anilines is 2. The van der Waals surface area contributed by atoms with Crippen molar-refractivity contribution in [3.63, 3.8) is 0 Å². The van der Waals surface area contributed by atoms with E-state index in [1.165, 1.54) is 7.11 Å². The van der Waals surface area contributed by atoms with Gasteiger partial charge in [0.25, 0.3) is 5.91 Å². The van der Waals surface area contributed by atoms with Gasteiger partial charge in [0.15, 0.2) is 11.5 Å². The number of carbonyl (C=O) groups excluding carboxylic acids is 1. The van der Waals surface area contributed by atoms with Crippen LogP contribution in [0.3, 0.4) is 0 Å². The van der Waals surface area contributed by atoms with Crippen LogP contribution in [0.5, 0.6) is 11.5 Å². The van der Waals surface area contributed by atoms with E-state index in [-0.39, 0.29) is 24.7 Å². The van der Waals surface area contributed by atoms with Crippen molar-refractivity contribution < 1.29 is 24.0 Å². The second kappa shape index (κ2) is 6.57. The number of carbonyl (C=O) groups is 1. The van der Waals surface area contributed by atoms with E-state index < -0.39 is 5.91 Å². The van der Waals surface area contributed by atoms with Crippen LogP contribution < -0.4 is 20.5 Å². The highest BCUT2D eigenvalue weighted by Crippen LogP contribution is 2.30. The number of hydrogen-bond donors (Lipinski definition) is 3. The molecular weight excluding hydrogens is 280 g/mol. The summed E-state index contributed by atoms with van der Waals surface area (Å²) in [6.07, 6.45) is 0. The van der Waals surface area contributed by atoms with Gasteiger partial charge in [0.2, 0.25) is 11.5 Å². The second-order valence-corrected chi connectivity index (χ2v) is 3.89. The highest BCUT2D eigenvalue weighted by molar-refractivity contribution is 6.05. The van der Waals surface area contributed by atoms with Crippen LogP contribution in [-0.4, -0.2) is 41.7 Å². The van der Waals surface area contributed by atoms with Crippen molar-refractivity contribution in [1.82, 2.24) is 10.3 Å². The number of nitrogens with one attached hydrogen (secondary N) is 1. The van der Waals surface area contributed by atoms with E-state index in [0.29, 0.717) is 17.2 Å². The molecule has 0 bridgehead atoms. The molecule has 9 nitrogen and oxygen atoms in total. The maximum Gasteiger partial charge on any atom is 0.281 e. The molecule has 0 saturated heterocycles. The van der Waals surface area contributed by atoms with Gasteiger partial charge in [0, 0.05) is 11.8 Å². The summed E-state index contributed by atoms with van der Waals surface area (Å²) in [4.78, 5) is 11.9. The smallest absolute Gasteiger partial charge is 0.281 e. The Bertz CT molecular complexity index is 628. The van der Waals surface area contributed by atoms with Crippen molar-refractivity contribution in [2.24, 2.45) is 0 Å². The lowest BCUT2D eigenvalue weighted by atomic mass is 10.2. The van der Waals surface area contributed by atoms with Crippen molar-refractivity contribution in [2.45, 2.75) is 0 Å². The fourth-order valence-corrected chi connectivity index (χ4v) is 1.57. The predicted molar refractivity (Wildman–Crippen MR) is 72.2 cm³/mol. The molecule has 21 heavy (non-hydrogen) atoms. The molecular formula is C12H14N4O5. The lowest BCUT2D eigenvalue weighted by Gasteiger charge is -2.11. The minimum atomic E-state index is -0.563. The molecule has 1 heterocycles. The summed E-state index contributed by atoms with van der Waals surface area (Å²) in [6, 6.07) is 4.79. The van der Waals surface area contributed by atoms with Crippen molar-refractivity contribution in [2.75, 3.05) is 31.4 Å². The first-order chi connectivity index (χ1) is 10.2. The first-order valence-corrected chi connectivity index (χ1v) is 5.96. The predicted octanol–water partition coefficient (Wildman–Crippen LogP) is 0.284. The molecule has 2 aromatic rings. The molecule has 2 rings (SSSR count). The van der Waals surface area contributed by atoms with E-state index in [9.17, 15) is 4.79 Å². The third-order valence-corrected chi connectivity index (χ3v) is 2.50. The number of aromatic nitrogens is 2. The first-order valence-electron chi connectivity index (χ1n) is 5.96. The van der Waals surface area contributed by atoms with Gasteiger partial charge in [-0.05, 0) is 22.4 Å². The summed E-state index contributed by atoms with van der Waals surface area (Å²) >= 11 is 0. The number of nitrogen functional groups attached to an aromatic ring is 1. The van der Waals surface area contributed by atoms with Gasteiger partial charge in [0.05, 0.1) is 13.7 Å². The summed E-state index contributed by atoms with van der Waals surface area (Å²) in [5.41, 5.74) is 5.77. The van der Waals surface area contributed by atoms with Gasteiger partial charge in [0.1, 0.15) is 6.61 Å². The van der Waals surface area contributed by atoms with Gasteiger partial charge in [-0.3, -0.25) is 4.79 Å². The van der Waals surface area contributed by atoms with Crippen LogP contribution in [-0.2, 0) is 0 Å². The Balaban J connectivity index is 2.16. The van der Waals surface area contributed by atoms with Crippen molar-refractivity contribution in [3.8, 4) is 11.5 Å².